The van der Waals surface area contributed by atoms with E-state index in [1.165, 1.54) is 45.8 Å². The molecule has 6 heterocycles. The van der Waals surface area contributed by atoms with Gasteiger partial charge in [0.2, 0.25) is 0 Å². The SMILES string of the molecule is CN(C)C1(c2ccsc2)CCC2(CC1)OCCc1c2[nH]c2ccc(F)cc12.CN(C)C1(c2ccsc2)CCC2(CC1)OCCc1c2[nH]c2ccc(F)cc12.O=C(O)CC(O)(CC(=O)O)C(=O)O. The zero-order chi connectivity index (χ0) is 47.9. The molecule has 0 bridgehead atoms. The summed E-state index contributed by atoms with van der Waals surface area (Å²) in [6.45, 7) is 1.42. The van der Waals surface area contributed by atoms with Crippen molar-refractivity contribution in [2.45, 2.75) is 105 Å². The van der Waals surface area contributed by atoms with Gasteiger partial charge in [-0.1, -0.05) is 0 Å². The molecule has 6 aromatic rings. The molecule has 0 radical (unpaired) electrons. The highest BCUT2D eigenvalue weighted by atomic mass is 32.1. The second-order valence-electron chi connectivity index (χ2n) is 18.9. The molecule has 2 fully saturated rings. The van der Waals surface area contributed by atoms with Gasteiger partial charge in [0.05, 0.1) is 37.4 Å². The van der Waals surface area contributed by atoms with Gasteiger partial charge in [-0.25, -0.2) is 13.6 Å². The predicted molar refractivity (Wildman–Crippen MR) is 253 cm³/mol. The number of hydrogen-bond acceptors (Lipinski definition) is 10. The van der Waals surface area contributed by atoms with Gasteiger partial charge in [-0.15, -0.1) is 0 Å². The number of hydrogen-bond donors (Lipinski definition) is 6. The number of carboxylic acids is 3. The Labute approximate surface area is 395 Å². The van der Waals surface area contributed by atoms with Crippen LogP contribution in [0.2, 0.25) is 0 Å². The average molecular weight is 961 g/mol. The summed E-state index contributed by atoms with van der Waals surface area (Å²) in [5.41, 5.74) is 6.64. The lowest BCUT2D eigenvalue weighted by Crippen LogP contribution is -2.49. The number of aliphatic carboxylic acids is 3. The Morgan fingerprint density at radius 1 is 0.642 bits per heavy atom. The van der Waals surface area contributed by atoms with Crippen molar-refractivity contribution >= 4 is 62.4 Å². The van der Waals surface area contributed by atoms with Crippen LogP contribution >= 0.6 is 22.7 Å². The lowest BCUT2D eigenvalue weighted by molar-refractivity contribution is -0.170. The van der Waals surface area contributed by atoms with E-state index in [1.807, 2.05) is 12.1 Å². The van der Waals surface area contributed by atoms with Crippen LogP contribution in [0, 0.1) is 11.6 Å². The number of aliphatic hydroxyl groups is 1. The molecule has 10 rings (SSSR count). The summed E-state index contributed by atoms with van der Waals surface area (Å²) in [7, 11) is 8.76. The van der Waals surface area contributed by atoms with E-state index in [2.05, 4.69) is 81.6 Å². The van der Waals surface area contributed by atoms with Crippen LogP contribution in [-0.4, -0.2) is 105 Å². The fourth-order valence-corrected chi connectivity index (χ4v) is 12.8. The Kier molecular flexibility index (Phi) is 13.6. The fourth-order valence-electron chi connectivity index (χ4n) is 11.3. The topological polar surface area (TPSA) is 189 Å². The number of nitrogens with one attached hydrogen (secondary N) is 2. The van der Waals surface area contributed by atoms with Gasteiger partial charge in [0.25, 0.3) is 0 Å². The zero-order valence-corrected chi connectivity index (χ0v) is 39.8. The van der Waals surface area contributed by atoms with Crippen LogP contribution in [0.3, 0.4) is 0 Å². The van der Waals surface area contributed by atoms with Crippen molar-refractivity contribution in [2.75, 3.05) is 41.4 Å². The molecular weight excluding hydrogens is 903 g/mol. The van der Waals surface area contributed by atoms with Gasteiger partial charge in [0, 0.05) is 32.9 Å². The summed E-state index contributed by atoms with van der Waals surface area (Å²) in [4.78, 5) is 42.4. The van der Waals surface area contributed by atoms with Crippen molar-refractivity contribution in [3.05, 3.63) is 115 Å². The minimum absolute atomic E-state index is 0.0738. The van der Waals surface area contributed by atoms with E-state index in [4.69, 9.17) is 29.9 Å². The van der Waals surface area contributed by atoms with Crippen LogP contribution in [0.25, 0.3) is 21.8 Å². The summed E-state index contributed by atoms with van der Waals surface area (Å²) >= 11 is 3.54. The van der Waals surface area contributed by atoms with Gasteiger partial charge >= 0.3 is 17.9 Å². The van der Waals surface area contributed by atoms with Crippen LogP contribution in [0.1, 0.15) is 97.8 Å². The van der Waals surface area contributed by atoms with Crippen LogP contribution in [-0.2, 0) is 59.0 Å². The molecule has 4 aliphatic rings. The Morgan fingerprint density at radius 2 is 1.03 bits per heavy atom. The number of aromatic amines is 2. The molecule has 4 aromatic heterocycles. The molecule has 0 atom stereocenters. The number of thiophene rings is 2. The van der Waals surface area contributed by atoms with Crippen molar-refractivity contribution in [3.8, 4) is 0 Å². The summed E-state index contributed by atoms with van der Waals surface area (Å²) < 4.78 is 40.5. The predicted octanol–water partition coefficient (Wildman–Crippen LogP) is 9.09. The maximum Gasteiger partial charge on any atom is 0.336 e. The van der Waals surface area contributed by atoms with Gasteiger partial charge in [-0.3, -0.25) is 19.4 Å². The molecule has 17 heteroatoms. The van der Waals surface area contributed by atoms with E-state index < -0.39 is 36.4 Å². The van der Waals surface area contributed by atoms with Gasteiger partial charge in [-0.2, -0.15) is 22.7 Å². The number of nitrogens with zero attached hydrogens (tertiary/aromatic N) is 2. The first kappa shape index (κ1) is 48.4. The van der Waals surface area contributed by atoms with Crippen LogP contribution < -0.4 is 0 Å². The van der Waals surface area contributed by atoms with Crippen LogP contribution in [0.4, 0.5) is 8.78 Å². The van der Waals surface area contributed by atoms with E-state index in [-0.39, 0.29) is 33.9 Å². The molecule has 2 aliphatic heterocycles. The number of benzene rings is 2. The van der Waals surface area contributed by atoms with E-state index in [0.29, 0.717) is 13.2 Å². The monoisotopic (exact) mass is 960 g/mol. The molecule has 2 aromatic carbocycles. The lowest BCUT2D eigenvalue weighted by Gasteiger charge is -2.50. The number of ether oxygens (including phenoxy) is 2. The number of fused-ring (bicyclic) bond motifs is 8. The van der Waals surface area contributed by atoms with Gasteiger partial charge < -0.3 is 39.9 Å². The highest BCUT2D eigenvalue weighted by Crippen LogP contribution is 2.54. The molecule has 6 N–H and O–H groups in total. The smallest absolute Gasteiger partial charge is 0.336 e. The van der Waals surface area contributed by atoms with Gasteiger partial charge in [0.15, 0.2) is 5.60 Å². The molecule has 2 aliphatic carbocycles. The second-order valence-corrected chi connectivity index (χ2v) is 20.4. The maximum absolute atomic E-state index is 13.8. The average Bonchev–Trinajstić information content (AvgIpc) is 4.13. The molecule has 2 saturated carbocycles. The first-order valence-corrected chi connectivity index (χ1v) is 24.4. The Bertz CT molecular complexity index is 2550. The maximum atomic E-state index is 13.8. The van der Waals surface area contributed by atoms with Gasteiger partial charge in [-0.05, 0) is 185 Å². The van der Waals surface area contributed by atoms with Gasteiger partial charge in [0.1, 0.15) is 22.8 Å². The summed E-state index contributed by atoms with van der Waals surface area (Å²) in [6.07, 6.45) is 7.54. The summed E-state index contributed by atoms with van der Waals surface area (Å²) in [5, 5.41) is 44.8. The normalized spacial score (nSPS) is 24.8. The lowest BCUT2D eigenvalue weighted by atomic mass is 9.68. The number of rotatable bonds is 9. The molecule has 0 amide bonds. The number of carboxylic acid groups (broad SMARTS) is 3. The third-order valence-corrected chi connectivity index (χ3v) is 16.4. The van der Waals surface area contributed by atoms with E-state index in [9.17, 15) is 23.2 Å². The summed E-state index contributed by atoms with van der Waals surface area (Å²) in [5.74, 6) is -5.36. The molecule has 0 saturated heterocycles. The second kappa shape index (κ2) is 18.8. The first-order valence-electron chi connectivity index (χ1n) is 22.5. The summed E-state index contributed by atoms with van der Waals surface area (Å²) in [6, 6.07) is 14.6. The minimum atomic E-state index is -2.74. The molecule has 67 heavy (non-hydrogen) atoms. The van der Waals surface area contributed by atoms with Crippen molar-refractivity contribution in [1.29, 1.82) is 0 Å². The highest BCUT2D eigenvalue weighted by Gasteiger charge is 2.51. The molecule has 2 spiro atoms. The highest BCUT2D eigenvalue weighted by molar-refractivity contribution is 7.08. The molecular formula is C50H58F2N4O9S2. The standard InChI is InChI=1S/2C22H25FN2OS.C6H8O7/c2*1-25(2)21(15-6-12-27-14-15)7-9-22(10-8-21)20-17(5-11-26-22)18-13-16(23)3-4-19(18)24-20;7-3(8)1-6(13,5(11)12)2-4(9)10/h2*3-4,6,12-14,24H,5,7-11H2,1-2H3;13H,1-2H2,(H,7,8)(H,9,10)(H,11,12). The number of halogens is 2. The number of aromatic nitrogens is 2. The Morgan fingerprint density at radius 3 is 1.34 bits per heavy atom. The Hall–Kier alpha value is -5.01. The quantitative estimate of drug-likeness (QED) is 0.0811. The van der Waals surface area contributed by atoms with E-state index >= 15 is 0 Å². The third-order valence-electron chi connectivity index (χ3n) is 15.0. The fraction of sp³-hybridized carbons (Fsp3) is 0.460. The Balaban J connectivity index is 0.000000146. The molecule has 13 nitrogen and oxygen atoms in total. The van der Waals surface area contributed by atoms with Crippen LogP contribution in [0.5, 0.6) is 0 Å². The number of carbonyl (C=O) groups is 3. The van der Waals surface area contributed by atoms with Crippen molar-refractivity contribution in [1.82, 2.24) is 19.8 Å². The van der Waals surface area contributed by atoms with Crippen molar-refractivity contribution in [3.63, 3.8) is 0 Å². The van der Waals surface area contributed by atoms with Crippen molar-refractivity contribution in [2.24, 2.45) is 0 Å². The minimum Gasteiger partial charge on any atom is -0.481 e. The zero-order valence-electron chi connectivity index (χ0n) is 38.1. The van der Waals surface area contributed by atoms with E-state index in [1.54, 1.807) is 34.8 Å². The molecule has 358 valence electrons. The largest absolute Gasteiger partial charge is 0.481 e. The van der Waals surface area contributed by atoms with Crippen LogP contribution in [0.15, 0.2) is 70.1 Å². The molecule has 0 unspecified atom stereocenters. The number of H-pyrrole nitrogens is 2. The van der Waals surface area contributed by atoms with Crippen molar-refractivity contribution < 1.29 is 53.1 Å². The third kappa shape index (κ3) is 9.07. The first-order chi connectivity index (χ1) is 31.9. The van der Waals surface area contributed by atoms with E-state index in [0.717, 1.165) is 86.0 Å².